The zero-order valence-corrected chi connectivity index (χ0v) is 14.9. The number of carbonyl (C=O) groups excluding carboxylic acids is 2. The van der Waals surface area contributed by atoms with Crippen molar-refractivity contribution >= 4 is 17.7 Å². The van der Waals surface area contributed by atoms with E-state index in [1.165, 1.54) is 37.5 Å². The summed E-state index contributed by atoms with van der Waals surface area (Å²) in [4.78, 5) is 27.2. The Balaban J connectivity index is 2.10. The second-order valence-electron chi connectivity index (χ2n) is 6.33. The highest BCUT2D eigenvalue weighted by molar-refractivity contribution is 5.92. The number of carbonyl (C=O) groups is 2. The largest absolute Gasteiger partial charge is 0.457 e. The van der Waals surface area contributed by atoms with Crippen molar-refractivity contribution in [2.24, 2.45) is 0 Å². The van der Waals surface area contributed by atoms with E-state index in [0.717, 1.165) is 6.07 Å². The average Bonchev–Trinajstić information content (AvgIpc) is 2.55. The third-order valence-electron chi connectivity index (χ3n) is 3.00. The van der Waals surface area contributed by atoms with Gasteiger partial charge in [0.2, 0.25) is 0 Å². The molecule has 0 unspecified atom stereocenters. The number of halogens is 1. The van der Waals surface area contributed by atoms with Gasteiger partial charge in [-0.1, -0.05) is 0 Å². The first-order valence-electron chi connectivity index (χ1n) is 7.83. The van der Waals surface area contributed by atoms with E-state index in [0.29, 0.717) is 5.75 Å². The van der Waals surface area contributed by atoms with Crippen molar-refractivity contribution in [2.75, 3.05) is 12.4 Å². The smallest absolute Gasteiger partial charge is 0.412 e. The van der Waals surface area contributed by atoms with Gasteiger partial charge in [-0.3, -0.25) is 15.1 Å². The molecule has 1 aromatic carbocycles. The number of aromatic nitrogens is 1. The zero-order chi connectivity index (χ0) is 19.3. The van der Waals surface area contributed by atoms with E-state index < -0.39 is 17.5 Å². The lowest BCUT2D eigenvalue weighted by Gasteiger charge is -2.19. The molecule has 0 spiro atoms. The number of rotatable bonds is 4. The van der Waals surface area contributed by atoms with E-state index in [2.05, 4.69) is 15.6 Å². The van der Waals surface area contributed by atoms with Crippen LogP contribution in [-0.4, -0.2) is 29.6 Å². The maximum atomic E-state index is 14.2. The maximum absolute atomic E-state index is 14.2. The highest BCUT2D eigenvalue weighted by atomic mass is 19.1. The topological polar surface area (TPSA) is 89.6 Å². The quantitative estimate of drug-likeness (QED) is 0.866. The lowest BCUT2D eigenvalue weighted by molar-refractivity contribution is 0.0635. The number of pyridine rings is 1. The second kappa shape index (κ2) is 7.81. The van der Waals surface area contributed by atoms with Gasteiger partial charge in [0.1, 0.15) is 22.8 Å². The predicted molar refractivity (Wildman–Crippen MR) is 94.0 cm³/mol. The molecule has 0 radical (unpaired) electrons. The molecule has 0 saturated heterocycles. The van der Waals surface area contributed by atoms with Gasteiger partial charge in [0.05, 0.1) is 5.69 Å². The van der Waals surface area contributed by atoms with Gasteiger partial charge in [-0.05, 0) is 39.0 Å². The summed E-state index contributed by atoms with van der Waals surface area (Å²) in [5.41, 5.74) is -0.547. The SMILES string of the molecule is CNC(=O)c1cc(Oc2ccc(NC(=O)OC(C)(C)C)c(F)c2)ccn1. The number of ether oxygens (including phenoxy) is 2. The molecular weight excluding hydrogens is 341 g/mol. The Bertz CT molecular complexity index is 818. The van der Waals surface area contributed by atoms with Crippen LogP contribution in [0.5, 0.6) is 11.5 Å². The Morgan fingerprint density at radius 2 is 1.81 bits per heavy atom. The normalized spacial score (nSPS) is 10.8. The van der Waals surface area contributed by atoms with E-state index in [4.69, 9.17) is 9.47 Å². The summed E-state index contributed by atoms with van der Waals surface area (Å²) in [6.07, 6.45) is 0.656. The minimum absolute atomic E-state index is 0.0348. The lowest BCUT2D eigenvalue weighted by atomic mass is 10.2. The molecule has 138 valence electrons. The number of nitrogens with zero attached hydrogens (tertiary/aromatic N) is 1. The molecule has 8 heteroatoms. The van der Waals surface area contributed by atoms with E-state index in [1.807, 2.05) is 0 Å². The van der Waals surface area contributed by atoms with Crippen LogP contribution in [0.25, 0.3) is 0 Å². The van der Waals surface area contributed by atoms with Gasteiger partial charge in [0.15, 0.2) is 5.82 Å². The first-order valence-corrected chi connectivity index (χ1v) is 7.83. The van der Waals surface area contributed by atoms with Crippen LogP contribution in [0.3, 0.4) is 0 Å². The minimum Gasteiger partial charge on any atom is -0.457 e. The molecular formula is C18H20FN3O4. The second-order valence-corrected chi connectivity index (χ2v) is 6.33. The van der Waals surface area contributed by atoms with Gasteiger partial charge >= 0.3 is 6.09 Å². The van der Waals surface area contributed by atoms with Crippen LogP contribution >= 0.6 is 0 Å². The Labute approximate surface area is 150 Å². The fraction of sp³-hybridized carbons (Fsp3) is 0.278. The number of benzene rings is 1. The molecule has 0 aliphatic rings. The first kappa shape index (κ1) is 19.2. The van der Waals surface area contributed by atoms with Crippen LogP contribution in [-0.2, 0) is 4.74 Å². The number of nitrogens with one attached hydrogen (secondary N) is 2. The van der Waals surface area contributed by atoms with Gasteiger partial charge in [0, 0.05) is 25.4 Å². The molecule has 0 fully saturated rings. The van der Waals surface area contributed by atoms with Gasteiger partial charge in [-0.15, -0.1) is 0 Å². The number of hydrogen-bond donors (Lipinski definition) is 2. The van der Waals surface area contributed by atoms with Crippen LogP contribution in [0.2, 0.25) is 0 Å². The Morgan fingerprint density at radius 1 is 1.12 bits per heavy atom. The van der Waals surface area contributed by atoms with Crippen LogP contribution in [0.15, 0.2) is 36.5 Å². The van der Waals surface area contributed by atoms with Crippen LogP contribution < -0.4 is 15.4 Å². The summed E-state index contributed by atoms with van der Waals surface area (Å²) in [5.74, 6) is -0.523. The molecule has 26 heavy (non-hydrogen) atoms. The van der Waals surface area contributed by atoms with Gasteiger partial charge in [0.25, 0.3) is 5.91 Å². The lowest BCUT2D eigenvalue weighted by Crippen LogP contribution is -2.27. The fourth-order valence-corrected chi connectivity index (χ4v) is 1.94. The summed E-state index contributed by atoms with van der Waals surface area (Å²) in [6, 6.07) is 6.93. The summed E-state index contributed by atoms with van der Waals surface area (Å²) in [6.45, 7) is 5.13. The first-order chi connectivity index (χ1) is 12.2. The summed E-state index contributed by atoms with van der Waals surface area (Å²) in [7, 11) is 1.49. The standard InChI is InChI=1S/C18H20FN3O4/c1-18(2,3)26-17(24)22-14-6-5-11(9-13(14)19)25-12-7-8-21-15(10-12)16(23)20-4/h5-10H,1-4H3,(H,20,23)(H,22,24). The van der Waals surface area contributed by atoms with Crippen molar-refractivity contribution in [1.29, 1.82) is 0 Å². The van der Waals surface area contributed by atoms with E-state index in [1.54, 1.807) is 20.8 Å². The van der Waals surface area contributed by atoms with Crippen molar-refractivity contribution in [3.63, 3.8) is 0 Å². The molecule has 2 aromatic rings. The van der Waals surface area contributed by atoms with E-state index >= 15 is 0 Å². The van der Waals surface area contributed by atoms with E-state index in [9.17, 15) is 14.0 Å². The third-order valence-corrected chi connectivity index (χ3v) is 3.00. The number of anilines is 1. The van der Waals surface area contributed by atoms with Gasteiger partial charge in [-0.25, -0.2) is 9.18 Å². The highest BCUT2D eigenvalue weighted by Gasteiger charge is 2.17. The maximum Gasteiger partial charge on any atom is 0.412 e. The third kappa shape index (κ3) is 5.44. The van der Waals surface area contributed by atoms with E-state index in [-0.39, 0.29) is 23.0 Å². The highest BCUT2D eigenvalue weighted by Crippen LogP contribution is 2.26. The Hall–Kier alpha value is -3.16. The van der Waals surface area contributed by atoms with Gasteiger partial charge in [-0.2, -0.15) is 0 Å². The summed E-state index contributed by atoms with van der Waals surface area (Å²) >= 11 is 0. The molecule has 0 atom stereocenters. The van der Waals surface area contributed by atoms with Crippen molar-refractivity contribution < 1.29 is 23.5 Å². The molecule has 1 heterocycles. The molecule has 0 aliphatic heterocycles. The Morgan fingerprint density at radius 3 is 2.42 bits per heavy atom. The summed E-state index contributed by atoms with van der Waals surface area (Å²) in [5, 5.41) is 4.79. The molecule has 0 bridgehead atoms. The average molecular weight is 361 g/mol. The van der Waals surface area contributed by atoms with Crippen molar-refractivity contribution in [3.8, 4) is 11.5 Å². The van der Waals surface area contributed by atoms with Crippen LogP contribution in [0, 0.1) is 5.82 Å². The molecule has 7 nitrogen and oxygen atoms in total. The number of hydrogen-bond acceptors (Lipinski definition) is 5. The molecule has 0 saturated carbocycles. The Kier molecular flexibility index (Phi) is 5.76. The van der Waals surface area contributed by atoms with Crippen LogP contribution in [0.4, 0.5) is 14.9 Å². The molecule has 2 rings (SSSR count). The van der Waals surface area contributed by atoms with Crippen molar-refractivity contribution in [3.05, 3.63) is 48.0 Å². The van der Waals surface area contributed by atoms with Crippen molar-refractivity contribution in [2.45, 2.75) is 26.4 Å². The summed E-state index contributed by atoms with van der Waals surface area (Å²) < 4.78 is 24.8. The number of amides is 2. The fourth-order valence-electron chi connectivity index (χ4n) is 1.94. The molecule has 2 N–H and O–H groups in total. The van der Waals surface area contributed by atoms with Gasteiger partial charge < -0.3 is 14.8 Å². The zero-order valence-electron chi connectivity index (χ0n) is 14.9. The molecule has 1 aromatic heterocycles. The molecule has 2 amide bonds. The monoisotopic (exact) mass is 361 g/mol. The minimum atomic E-state index is -0.755. The molecule has 0 aliphatic carbocycles. The van der Waals surface area contributed by atoms with Crippen molar-refractivity contribution in [1.82, 2.24) is 10.3 Å². The predicted octanol–water partition coefficient (Wildman–Crippen LogP) is 3.72. The van der Waals surface area contributed by atoms with Crippen LogP contribution in [0.1, 0.15) is 31.3 Å².